The van der Waals surface area contributed by atoms with Crippen LogP contribution in [0.4, 0.5) is 5.69 Å². The minimum Gasteiger partial charge on any atom is -0.493 e. The Balaban J connectivity index is 1.62. The summed E-state index contributed by atoms with van der Waals surface area (Å²) in [7, 11) is 1.74. The molecule has 132 valence electrons. The van der Waals surface area contributed by atoms with Gasteiger partial charge in [-0.2, -0.15) is 0 Å². The molecule has 1 saturated heterocycles. The quantitative estimate of drug-likeness (QED) is 0.912. The molecule has 2 atom stereocenters. The van der Waals surface area contributed by atoms with Crippen LogP contribution in [0.3, 0.4) is 0 Å². The van der Waals surface area contributed by atoms with Crippen molar-refractivity contribution >= 4 is 5.69 Å². The molecule has 0 aromatic heterocycles. The lowest BCUT2D eigenvalue weighted by atomic mass is 9.83. The molecule has 0 unspecified atom stereocenters. The second-order valence-electron chi connectivity index (χ2n) is 8.27. The molecule has 24 heavy (non-hydrogen) atoms. The molecule has 3 fully saturated rings. The van der Waals surface area contributed by atoms with Crippen LogP contribution < -0.4 is 19.7 Å². The van der Waals surface area contributed by atoms with Crippen molar-refractivity contribution in [2.24, 2.45) is 0 Å². The summed E-state index contributed by atoms with van der Waals surface area (Å²) >= 11 is 0. The lowest BCUT2D eigenvalue weighted by molar-refractivity contribution is 0.199. The molecule has 4 heteroatoms. The maximum atomic E-state index is 5.98. The van der Waals surface area contributed by atoms with Gasteiger partial charge in [0.05, 0.1) is 13.2 Å². The van der Waals surface area contributed by atoms with E-state index in [2.05, 4.69) is 42.3 Å². The van der Waals surface area contributed by atoms with Crippen molar-refractivity contribution in [2.75, 3.05) is 18.6 Å². The van der Waals surface area contributed by atoms with Gasteiger partial charge in [0.15, 0.2) is 11.5 Å². The molecule has 0 amide bonds. The number of hydrogen-bond acceptors (Lipinski definition) is 4. The van der Waals surface area contributed by atoms with E-state index in [1.54, 1.807) is 7.11 Å². The molecule has 0 spiro atoms. The van der Waals surface area contributed by atoms with Crippen LogP contribution in [0.25, 0.3) is 0 Å². The van der Waals surface area contributed by atoms with Crippen LogP contribution in [0.5, 0.6) is 11.5 Å². The zero-order chi connectivity index (χ0) is 16.7. The number of benzene rings is 1. The fourth-order valence-corrected chi connectivity index (χ4v) is 4.32. The van der Waals surface area contributed by atoms with E-state index in [1.165, 1.54) is 44.2 Å². The van der Waals surface area contributed by atoms with Crippen LogP contribution >= 0.6 is 0 Å². The highest BCUT2D eigenvalue weighted by molar-refractivity contribution is 5.58. The average Bonchev–Trinajstić information content (AvgIpc) is 3.37. The molecule has 2 aliphatic carbocycles. The zero-order valence-electron chi connectivity index (χ0n) is 15.2. The van der Waals surface area contributed by atoms with Gasteiger partial charge < -0.3 is 19.7 Å². The molecule has 1 aliphatic heterocycles. The largest absolute Gasteiger partial charge is 0.493 e. The van der Waals surface area contributed by atoms with E-state index >= 15 is 0 Å². The van der Waals surface area contributed by atoms with E-state index in [1.807, 2.05) is 0 Å². The van der Waals surface area contributed by atoms with Crippen molar-refractivity contribution in [3.63, 3.8) is 0 Å². The van der Waals surface area contributed by atoms with E-state index in [4.69, 9.17) is 9.47 Å². The van der Waals surface area contributed by atoms with Crippen LogP contribution in [0.15, 0.2) is 18.2 Å². The van der Waals surface area contributed by atoms with E-state index in [0.29, 0.717) is 18.2 Å². The van der Waals surface area contributed by atoms with Gasteiger partial charge in [-0.3, -0.25) is 0 Å². The fraction of sp³-hybridized carbons (Fsp3) is 0.700. The Bertz CT molecular complexity index is 597. The summed E-state index contributed by atoms with van der Waals surface area (Å²) in [4.78, 5) is 2.60. The number of nitrogens with one attached hydrogen (secondary N) is 1. The monoisotopic (exact) mass is 330 g/mol. The number of rotatable bonds is 4. The molecule has 1 N–H and O–H groups in total. The average molecular weight is 330 g/mol. The molecule has 1 heterocycles. The molecular formula is C20H30N2O2. The molecule has 4 rings (SSSR count). The minimum atomic E-state index is 0.134. The number of methoxy groups -OCH3 is 1. The fourth-order valence-electron chi connectivity index (χ4n) is 4.32. The van der Waals surface area contributed by atoms with Gasteiger partial charge >= 0.3 is 0 Å². The molecule has 0 bridgehead atoms. The second kappa shape index (κ2) is 6.14. The third kappa shape index (κ3) is 3.21. The summed E-state index contributed by atoms with van der Waals surface area (Å²) < 4.78 is 11.6. The van der Waals surface area contributed by atoms with Crippen molar-refractivity contribution in [3.05, 3.63) is 18.2 Å². The highest BCUT2D eigenvalue weighted by Crippen LogP contribution is 2.39. The Morgan fingerprint density at radius 1 is 1.08 bits per heavy atom. The minimum absolute atomic E-state index is 0.134. The first-order valence-corrected chi connectivity index (χ1v) is 9.45. The van der Waals surface area contributed by atoms with Crippen LogP contribution in [0, 0.1) is 0 Å². The first-order valence-electron chi connectivity index (χ1n) is 9.45. The van der Waals surface area contributed by atoms with Crippen LogP contribution in [-0.2, 0) is 0 Å². The van der Waals surface area contributed by atoms with Crippen molar-refractivity contribution in [1.82, 2.24) is 5.32 Å². The molecule has 3 aliphatic rings. The number of fused-ring (bicyclic) bond motifs is 1. The number of anilines is 1. The van der Waals surface area contributed by atoms with E-state index < -0.39 is 0 Å². The van der Waals surface area contributed by atoms with E-state index in [-0.39, 0.29) is 5.54 Å². The molecule has 2 saturated carbocycles. The van der Waals surface area contributed by atoms with Crippen molar-refractivity contribution in [3.8, 4) is 11.5 Å². The number of nitrogens with zero attached hydrogens (tertiary/aromatic N) is 1. The van der Waals surface area contributed by atoms with Gasteiger partial charge in [0.25, 0.3) is 0 Å². The Hall–Kier alpha value is -1.42. The number of piperazine rings is 1. The standard InChI is InChI=1S/C20H30N2O2/c1-20(2)13-22(17-7-5-4-6-16(17)21-20)14-8-11-18(19(12-14)23-3)24-15-9-10-15/h8,11-12,15-17,21H,4-7,9-10,13H2,1-3H3/t16-,17-/m1/s1. The van der Waals surface area contributed by atoms with Crippen molar-refractivity contribution in [1.29, 1.82) is 0 Å². The van der Waals surface area contributed by atoms with Gasteiger partial charge in [-0.1, -0.05) is 12.8 Å². The van der Waals surface area contributed by atoms with Gasteiger partial charge in [-0.15, -0.1) is 0 Å². The zero-order valence-corrected chi connectivity index (χ0v) is 15.2. The summed E-state index contributed by atoms with van der Waals surface area (Å²) in [5.74, 6) is 1.75. The van der Waals surface area contributed by atoms with Gasteiger partial charge in [0.2, 0.25) is 0 Å². The summed E-state index contributed by atoms with van der Waals surface area (Å²) in [6.45, 7) is 5.65. The SMILES string of the molecule is COc1cc(N2CC(C)(C)N[C@@H]3CCCC[C@H]32)ccc1OC1CC1. The highest BCUT2D eigenvalue weighted by Gasteiger charge is 2.40. The lowest BCUT2D eigenvalue weighted by Crippen LogP contribution is -2.67. The summed E-state index contributed by atoms with van der Waals surface area (Å²) in [6.07, 6.45) is 7.96. The molecule has 0 radical (unpaired) electrons. The molecular weight excluding hydrogens is 300 g/mol. The third-order valence-electron chi connectivity index (χ3n) is 5.57. The third-order valence-corrected chi connectivity index (χ3v) is 5.57. The van der Waals surface area contributed by atoms with Gasteiger partial charge in [-0.05, 0) is 51.7 Å². The van der Waals surface area contributed by atoms with E-state index in [9.17, 15) is 0 Å². The van der Waals surface area contributed by atoms with Crippen LogP contribution in [-0.4, -0.2) is 37.4 Å². The molecule has 1 aromatic carbocycles. The van der Waals surface area contributed by atoms with Gasteiger partial charge in [0.1, 0.15) is 0 Å². The van der Waals surface area contributed by atoms with Crippen molar-refractivity contribution < 1.29 is 9.47 Å². The predicted octanol–water partition coefficient (Wildman–Crippen LogP) is 3.74. The van der Waals surface area contributed by atoms with Gasteiger partial charge in [-0.25, -0.2) is 0 Å². The second-order valence-corrected chi connectivity index (χ2v) is 8.27. The summed E-state index contributed by atoms with van der Waals surface area (Å²) in [5.41, 5.74) is 1.40. The molecule has 4 nitrogen and oxygen atoms in total. The lowest BCUT2D eigenvalue weighted by Gasteiger charge is -2.52. The van der Waals surface area contributed by atoms with Crippen LogP contribution in [0.2, 0.25) is 0 Å². The Morgan fingerprint density at radius 2 is 1.88 bits per heavy atom. The summed E-state index contributed by atoms with van der Waals surface area (Å²) in [5, 5.41) is 3.87. The topological polar surface area (TPSA) is 33.7 Å². The Labute approximate surface area is 145 Å². The molecule has 1 aromatic rings. The number of hydrogen-bond donors (Lipinski definition) is 1. The normalized spacial score (nSPS) is 29.0. The summed E-state index contributed by atoms with van der Waals surface area (Å²) in [6, 6.07) is 7.67. The Morgan fingerprint density at radius 3 is 2.62 bits per heavy atom. The Kier molecular flexibility index (Phi) is 4.11. The maximum Gasteiger partial charge on any atom is 0.162 e. The number of ether oxygens (including phenoxy) is 2. The maximum absolute atomic E-state index is 5.98. The highest BCUT2D eigenvalue weighted by atomic mass is 16.5. The van der Waals surface area contributed by atoms with Crippen LogP contribution in [0.1, 0.15) is 52.4 Å². The predicted molar refractivity (Wildman–Crippen MR) is 97.2 cm³/mol. The van der Waals surface area contributed by atoms with Crippen molar-refractivity contribution in [2.45, 2.75) is 76.1 Å². The smallest absolute Gasteiger partial charge is 0.162 e. The van der Waals surface area contributed by atoms with Gasteiger partial charge in [0, 0.05) is 35.9 Å². The van der Waals surface area contributed by atoms with E-state index in [0.717, 1.165) is 18.0 Å². The first kappa shape index (κ1) is 16.1. The first-order chi connectivity index (χ1) is 11.6.